The number of aryl methyl sites for hydroxylation is 1. The molecule has 0 bridgehead atoms. The molecule has 1 heterocycles. The minimum Gasteiger partial charge on any atom is -0.480 e. The molecular formula is C35H33Cl4F6N4O12P. The van der Waals surface area contributed by atoms with Gasteiger partial charge in [0, 0.05) is 24.3 Å². The third-order valence-electron chi connectivity index (χ3n) is 7.64. The number of alkyl halides is 6. The zero-order chi connectivity index (χ0) is 47.6. The number of benzene rings is 3. The van der Waals surface area contributed by atoms with Crippen molar-refractivity contribution in [2.24, 2.45) is 5.73 Å². The first kappa shape index (κ1) is 53.3. The highest BCUT2D eigenvalue weighted by Crippen LogP contribution is 2.38. The number of hydrogen-bond acceptors (Lipinski definition) is 10. The van der Waals surface area contributed by atoms with Gasteiger partial charge in [0.15, 0.2) is 19.3 Å². The van der Waals surface area contributed by atoms with Crippen molar-refractivity contribution in [1.82, 2.24) is 14.3 Å². The van der Waals surface area contributed by atoms with E-state index in [2.05, 4.69) is 5.10 Å². The van der Waals surface area contributed by atoms with Gasteiger partial charge in [0.25, 0.3) is 0 Å². The third-order valence-corrected chi connectivity index (χ3v) is 10.0. The van der Waals surface area contributed by atoms with Gasteiger partial charge in [0.05, 0.1) is 21.2 Å². The topological polar surface area (TPSA) is 251 Å². The summed E-state index contributed by atoms with van der Waals surface area (Å²) in [4.78, 5) is 64.5. The van der Waals surface area contributed by atoms with Gasteiger partial charge in [-0.05, 0) is 74.4 Å². The van der Waals surface area contributed by atoms with Crippen molar-refractivity contribution in [1.29, 1.82) is 0 Å². The minimum absolute atomic E-state index is 0.0246. The molecule has 0 aliphatic carbocycles. The molecule has 4 aromatic rings. The van der Waals surface area contributed by atoms with Crippen LogP contribution in [0.2, 0.25) is 15.1 Å². The van der Waals surface area contributed by atoms with Gasteiger partial charge >= 0.3 is 42.3 Å². The van der Waals surface area contributed by atoms with E-state index in [-0.39, 0.29) is 67.1 Å². The van der Waals surface area contributed by atoms with Crippen LogP contribution in [0.3, 0.4) is 0 Å². The van der Waals surface area contributed by atoms with Gasteiger partial charge in [-0.1, -0.05) is 34.8 Å². The van der Waals surface area contributed by atoms with E-state index in [4.69, 9.17) is 81.8 Å². The molecule has 3 unspecified atom stereocenters. The number of carbonyl (C=O) groups excluding carboxylic acids is 1. The van der Waals surface area contributed by atoms with Crippen LogP contribution < -0.4 is 16.2 Å². The second-order valence-electron chi connectivity index (χ2n) is 12.6. The number of nitrogens with two attached hydrogens (primary N) is 1. The van der Waals surface area contributed by atoms with E-state index >= 15 is 0 Å². The molecule has 0 aliphatic rings. The number of carboxylic acids is 3. The standard InChI is InChI=1S/C17H11Cl2F3O5.C13H10Cl2F3N3O3.C5H12NO4P/c1-8(15(23)24)26-16(25)11-7-10(3-4-12(11)18)27-14-5-2-9(6-13(14)19)17(20,21)22;1-5-19-21(13(24)20(5)12(17)18)10-3-6(2-8(15)11(22)23)7(14)4-9(10)16;1-11(9,10)3-2-4(6)5(7)8/h2-8H,1H3,(H,23,24);3-4,8,12H,2H2,1H3,(H,22,23);4H,2-3,6H2,1H3,(H,7,8)(H,9,10)/t8-;;/m0../s1. The molecule has 1 aromatic heterocycles. The number of nitrogens with zero attached hydrogens (tertiary/aromatic N) is 3. The molecule has 0 saturated heterocycles. The summed E-state index contributed by atoms with van der Waals surface area (Å²) in [6.45, 7) is 0.371. The normalized spacial score (nSPS) is 13.6. The van der Waals surface area contributed by atoms with Gasteiger partial charge in [-0.15, -0.1) is 16.7 Å². The van der Waals surface area contributed by atoms with Gasteiger partial charge < -0.3 is 35.4 Å². The Hall–Kier alpha value is -4.83. The highest BCUT2D eigenvalue weighted by atomic mass is 35.5. The van der Waals surface area contributed by atoms with Crippen LogP contribution in [-0.4, -0.2) is 88.8 Å². The Morgan fingerprint density at radius 3 is 2.03 bits per heavy atom. The number of rotatable bonds is 14. The lowest BCUT2D eigenvalue weighted by Crippen LogP contribution is -2.30. The summed E-state index contributed by atoms with van der Waals surface area (Å²) in [5.41, 5.74) is 2.43. The first-order valence-electron chi connectivity index (χ1n) is 16.8. The second-order valence-corrected chi connectivity index (χ2v) is 16.9. The summed E-state index contributed by atoms with van der Waals surface area (Å²) < 4.78 is 99.1. The van der Waals surface area contributed by atoms with E-state index in [0.717, 1.165) is 44.2 Å². The molecule has 3 aromatic carbocycles. The van der Waals surface area contributed by atoms with Crippen molar-refractivity contribution in [2.75, 3.05) is 12.8 Å². The summed E-state index contributed by atoms with van der Waals surface area (Å²) >= 11 is 23.2. The van der Waals surface area contributed by atoms with Crippen LogP contribution in [0.5, 0.6) is 11.5 Å². The number of esters is 1. The number of ether oxygens (including phenoxy) is 2. The zero-order valence-electron chi connectivity index (χ0n) is 31.8. The molecule has 62 heavy (non-hydrogen) atoms. The van der Waals surface area contributed by atoms with Crippen molar-refractivity contribution in [3.63, 3.8) is 0 Å². The highest BCUT2D eigenvalue weighted by molar-refractivity contribution is 7.57. The number of aromatic nitrogens is 3. The quantitative estimate of drug-likeness (QED) is 0.0349. The van der Waals surface area contributed by atoms with Crippen LogP contribution in [0.15, 0.2) is 53.3 Å². The monoisotopic (exact) mass is 986 g/mol. The van der Waals surface area contributed by atoms with Crippen LogP contribution >= 0.6 is 53.8 Å². The molecule has 16 nitrogen and oxygen atoms in total. The number of carbonyl (C=O) groups is 4. The SMILES string of the molecule is CP(=O)(O)CCC(N)C(=O)O.C[C@H](OC(=O)c1cc(Oc2ccc(C(F)(F)F)cc2Cl)ccc1Cl)C(=O)O.Cc1nn(-c2cc(CC(Cl)C(=O)O)c(Cl)cc2F)c(=O)n1C(F)F. The van der Waals surface area contributed by atoms with E-state index in [1.165, 1.54) is 18.8 Å². The fraction of sp³-hybridized carbons (Fsp3) is 0.314. The molecule has 6 N–H and O–H groups in total. The van der Waals surface area contributed by atoms with E-state index in [0.29, 0.717) is 10.7 Å². The zero-order valence-corrected chi connectivity index (χ0v) is 35.7. The largest absolute Gasteiger partial charge is 0.480 e. The summed E-state index contributed by atoms with van der Waals surface area (Å²) in [7, 11) is -3.10. The van der Waals surface area contributed by atoms with Gasteiger partial charge in [-0.25, -0.2) is 23.3 Å². The maximum absolute atomic E-state index is 14.1. The predicted octanol–water partition coefficient (Wildman–Crippen LogP) is 7.89. The van der Waals surface area contributed by atoms with Gasteiger partial charge in [-0.2, -0.15) is 26.6 Å². The number of carboxylic acid groups (broad SMARTS) is 3. The Morgan fingerprint density at radius 1 is 0.935 bits per heavy atom. The number of hydrogen-bond donors (Lipinski definition) is 5. The van der Waals surface area contributed by atoms with Crippen LogP contribution in [0.1, 0.15) is 47.2 Å². The van der Waals surface area contributed by atoms with E-state index in [1.807, 2.05) is 0 Å². The van der Waals surface area contributed by atoms with Crippen molar-refractivity contribution in [2.45, 2.75) is 56.9 Å². The summed E-state index contributed by atoms with van der Waals surface area (Å²) in [5, 5.41) is 27.7. The lowest BCUT2D eigenvalue weighted by atomic mass is 10.1. The first-order chi connectivity index (χ1) is 28.4. The average Bonchev–Trinajstić information content (AvgIpc) is 3.45. The minimum atomic E-state index is -4.56. The summed E-state index contributed by atoms with van der Waals surface area (Å²) in [6.07, 6.45) is -6.21. The van der Waals surface area contributed by atoms with E-state index < -0.39 is 84.3 Å². The van der Waals surface area contributed by atoms with Crippen LogP contribution in [-0.2, 0) is 36.3 Å². The van der Waals surface area contributed by atoms with Crippen molar-refractivity contribution in [3.05, 3.63) is 102 Å². The summed E-state index contributed by atoms with van der Waals surface area (Å²) in [5.74, 6) is -6.13. The molecule has 4 rings (SSSR count). The Kier molecular flexibility index (Phi) is 19.3. The van der Waals surface area contributed by atoms with E-state index in [9.17, 15) is 54.9 Å². The molecule has 0 aliphatic heterocycles. The molecule has 340 valence electrons. The molecule has 0 amide bonds. The lowest BCUT2D eigenvalue weighted by molar-refractivity contribution is -0.146. The average molecular weight is 988 g/mol. The Bertz CT molecular complexity index is 2400. The molecule has 0 fully saturated rings. The van der Waals surface area contributed by atoms with Gasteiger partial charge in [0.2, 0.25) is 0 Å². The molecule has 0 spiro atoms. The molecule has 0 radical (unpaired) electrons. The smallest absolute Gasteiger partial charge is 0.416 e. The van der Waals surface area contributed by atoms with Crippen molar-refractivity contribution in [3.8, 4) is 17.2 Å². The second kappa shape index (κ2) is 22.5. The van der Waals surface area contributed by atoms with Gasteiger partial charge in [0.1, 0.15) is 34.4 Å². The molecule has 4 atom stereocenters. The Labute approximate surface area is 365 Å². The van der Waals surface area contributed by atoms with Crippen molar-refractivity contribution < 1.29 is 79.8 Å². The lowest BCUT2D eigenvalue weighted by Gasteiger charge is -2.13. The fourth-order valence-electron chi connectivity index (χ4n) is 4.43. The third kappa shape index (κ3) is 15.8. The van der Waals surface area contributed by atoms with E-state index in [1.54, 1.807) is 0 Å². The fourth-order valence-corrected chi connectivity index (χ4v) is 5.99. The van der Waals surface area contributed by atoms with Crippen LogP contribution in [0.25, 0.3) is 5.69 Å². The first-order valence-corrected chi connectivity index (χ1v) is 20.7. The summed E-state index contributed by atoms with van der Waals surface area (Å²) in [6, 6.07) is 7.19. The van der Waals surface area contributed by atoms with Crippen molar-refractivity contribution >= 4 is 77.6 Å². The van der Waals surface area contributed by atoms with Crippen LogP contribution in [0, 0.1) is 12.7 Å². The molecule has 0 saturated carbocycles. The number of halogens is 10. The van der Waals surface area contributed by atoms with Crippen LogP contribution in [0.4, 0.5) is 26.3 Å². The maximum Gasteiger partial charge on any atom is 0.416 e. The predicted molar refractivity (Wildman–Crippen MR) is 211 cm³/mol. The Morgan fingerprint density at radius 2 is 1.55 bits per heavy atom. The Balaban J connectivity index is 0.000000347. The number of aliphatic carboxylic acids is 3. The molecule has 27 heteroatoms. The van der Waals surface area contributed by atoms with Gasteiger partial charge in [-0.3, -0.25) is 14.2 Å². The highest BCUT2D eigenvalue weighted by Gasteiger charge is 2.31. The maximum atomic E-state index is 14.1. The molecular weight excluding hydrogens is 955 g/mol.